The summed E-state index contributed by atoms with van der Waals surface area (Å²) in [5.41, 5.74) is 8.80. The first-order valence-electron chi connectivity index (χ1n) is 6.18. The summed E-state index contributed by atoms with van der Waals surface area (Å²) < 4.78 is 0. The molecule has 3 nitrogen and oxygen atoms in total. The van der Waals surface area contributed by atoms with E-state index in [0.717, 1.165) is 17.7 Å². The Morgan fingerprint density at radius 3 is 2.82 bits per heavy atom. The molecule has 1 aliphatic heterocycles. The van der Waals surface area contributed by atoms with Gasteiger partial charge in [0, 0.05) is 23.8 Å². The molecule has 1 aliphatic rings. The fraction of sp³-hybridized carbons (Fsp3) is 0.357. The van der Waals surface area contributed by atoms with Gasteiger partial charge in [-0.1, -0.05) is 6.07 Å². The maximum absolute atomic E-state index is 5.75. The number of nitrogen functional groups attached to an aromatic ring is 1. The van der Waals surface area contributed by atoms with Crippen LogP contribution in [0, 0.1) is 0 Å². The number of rotatable bonds is 2. The Kier molecular flexibility index (Phi) is 2.69. The summed E-state index contributed by atoms with van der Waals surface area (Å²) in [5.74, 6) is 0. The summed E-state index contributed by atoms with van der Waals surface area (Å²) >= 11 is 0. The highest BCUT2D eigenvalue weighted by atomic mass is 15.1. The van der Waals surface area contributed by atoms with Crippen LogP contribution in [0.25, 0.3) is 10.9 Å². The molecule has 0 aliphatic carbocycles. The molecule has 17 heavy (non-hydrogen) atoms. The number of nitrogens with two attached hydrogens (primary N) is 1. The number of anilines is 1. The molecule has 1 aromatic carbocycles. The average Bonchev–Trinajstić information content (AvgIpc) is 2.82. The van der Waals surface area contributed by atoms with Crippen molar-refractivity contribution in [3.63, 3.8) is 0 Å². The van der Waals surface area contributed by atoms with E-state index in [9.17, 15) is 0 Å². The van der Waals surface area contributed by atoms with Gasteiger partial charge in [0.05, 0.1) is 5.52 Å². The molecule has 0 saturated carbocycles. The number of fused-ring (bicyclic) bond motifs is 1. The summed E-state index contributed by atoms with van der Waals surface area (Å²) in [4.78, 5) is 6.96. The molecule has 2 N–H and O–H groups in total. The first-order valence-corrected chi connectivity index (χ1v) is 6.18. The second-order valence-electron chi connectivity index (χ2n) is 4.78. The summed E-state index contributed by atoms with van der Waals surface area (Å²) in [5, 5.41) is 1.18. The van der Waals surface area contributed by atoms with E-state index < -0.39 is 0 Å². The smallest absolute Gasteiger partial charge is 0.0722 e. The van der Waals surface area contributed by atoms with Gasteiger partial charge in [-0.05, 0) is 49.7 Å². The second kappa shape index (κ2) is 4.34. The van der Waals surface area contributed by atoms with E-state index in [0.29, 0.717) is 0 Å². The van der Waals surface area contributed by atoms with Gasteiger partial charge in [-0.15, -0.1) is 0 Å². The van der Waals surface area contributed by atoms with E-state index in [4.69, 9.17) is 5.73 Å². The third kappa shape index (κ3) is 2.24. The second-order valence-corrected chi connectivity index (χ2v) is 4.78. The fourth-order valence-corrected chi connectivity index (χ4v) is 2.47. The van der Waals surface area contributed by atoms with Gasteiger partial charge in [0.2, 0.25) is 0 Å². The quantitative estimate of drug-likeness (QED) is 0.801. The molecule has 0 radical (unpaired) electrons. The molecule has 0 amide bonds. The van der Waals surface area contributed by atoms with Crippen molar-refractivity contribution >= 4 is 16.6 Å². The van der Waals surface area contributed by atoms with Crippen molar-refractivity contribution in [3.8, 4) is 0 Å². The van der Waals surface area contributed by atoms with Crippen molar-refractivity contribution in [3.05, 3.63) is 36.0 Å². The number of hydrogen-bond donors (Lipinski definition) is 1. The van der Waals surface area contributed by atoms with Crippen molar-refractivity contribution in [2.75, 3.05) is 18.8 Å². The van der Waals surface area contributed by atoms with Crippen LogP contribution in [0.4, 0.5) is 5.69 Å². The van der Waals surface area contributed by atoms with E-state index >= 15 is 0 Å². The Morgan fingerprint density at radius 2 is 2.00 bits per heavy atom. The number of nitrogens with zero attached hydrogens (tertiary/aromatic N) is 2. The van der Waals surface area contributed by atoms with Crippen LogP contribution in [-0.4, -0.2) is 23.0 Å². The minimum atomic E-state index is 0.775. The largest absolute Gasteiger partial charge is 0.399 e. The zero-order valence-electron chi connectivity index (χ0n) is 9.89. The number of pyridine rings is 1. The molecule has 2 heterocycles. The fourth-order valence-electron chi connectivity index (χ4n) is 2.47. The topological polar surface area (TPSA) is 42.1 Å². The Morgan fingerprint density at radius 1 is 1.18 bits per heavy atom. The highest BCUT2D eigenvalue weighted by Gasteiger charge is 2.11. The van der Waals surface area contributed by atoms with E-state index in [2.05, 4.69) is 16.0 Å². The van der Waals surface area contributed by atoms with Crippen molar-refractivity contribution in [1.29, 1.82) is 0 Å². The Balaban J connectivity index is 1.88. The van der Waals surface area contributed by atoms with E-state index in [1.165, 1.54) is 36.9 Å². The molecule has 1 fully saturated rings. The predicted octanol–water partition coefficient (Wildman–Crippen LogP) is 2.41. The van der Waals surface area contributed by atoms with Gasteiger partial charge in [0.15, 0.2) is 0 Å². The van der Waals surface area contributed by atoms with E-state index in [1.54, 1.807) is 0 Å². The maximum atomic E-state index is 5.75. The SMILES string of the molecule is Nc1ccc2cc(CN3CCCC3)cnc2c1. The van der Waals surface area contributed by atoms with Gasteiger partial charge in [0.25, 0.3) is 0 Å². The van der Waals surface area contributed by atoms with E-state index in [-0.39, 0.29) is 0 Å². The van der Waals surface area contributed by atoms with Crippen LogP contribution in [0.15, 0.2) is 30.5 Å². The zero-order chi connectivity index (χ0) is 11.7. The first-order chi connectivity index (χ1) is 8.31. The van der Waals surface area contributed by atoms with Crippen LogP contribution in [-0.2, 0) is 6.54 Å². The van der Waals surface area contributed by atoms with Crippen LogP contribution in [0.5, 0.6) is 0 Å². The molecule has 88 valence electrons. The molecular weight excluding hydrogens is 210 g/mol. The summed E-state index contributed by atoms with van der Waals surface area (Å²) in [6.45, 7) is 3.47. The average molecular weight is 227 g/mol. The summed E-state index contributed by atoms with van der Waals surface area (Å²) in [6, 6.07) is 8.13. The van der Waals surface area contributed by atoms with Crippen LogP contribution < -0.4 is 5.73 Å². The van der Waals surface area contributed by atoms with Crippen molar-refractivity contribution in [2.24, 2.45) is 0 Å². The van der Waals surface area contributed by atoms with Crippen LogP contribution >= 0.6 is 0 Å². The third-order valence-corrected chi connectivity index (χ3v) is 3.37. The lowest BCUT2D eigenvalue weighted by Gasteiger charge is -2.14. The normalized spacial score (nSPS) is 16.7. The molecule has 3 rings (SSSR count). The van der Waals surface area contributed by atoms with Gasteiger partial charge in [-0.2, -0.15) is 0 Å². The molecule has 0 atom stereocenters. The van der Waals surface area contributed by atoms with Gasteiger partial charge in [-0.3, -0.25) is 9.88 Å². The predicted molar refractivity (Wildman–Crippen MR) is 70.7 cm³/mol. The van der Waals surface area contributed by atoms with Crippen molar-refractivity contribution in [2.45, 2.75) is 19.4 Å². The standard InChI is InChI=1S/C14H17N3/c15-13-4-3-12-7-11(9-16-14(12)8-13)10-17-5-1-2-6-17/h3-4,7-9H,1-2,5-6,10,15H2. The first kappa shape index (κ1) is 10.5. The van der Waals surface area contributed by atoms with Crippen molar-refractivity contribution in [1.82, 2.24) is 9.88 Å². The molecule has 1 saturated heterocycles. The van der Waals surface area contributed by atoms with Crippen LogP contribution in [0.2, 0.25) is 0 Å². The Labute approximate surface area is 101 Å². The zero-order valence-corrected chi connectivity index (χ0v) is 9.89. The lowest BCUT2D eigenvalue weighted by Crippen LogP contribution is -2.18. The molecular formula is C14H17N3. The summed E-state index contributed by atoms with van der Waals surface area (Å²) in [6.07, 6.45) is 4.63. The third-order valence-electron chi connectivity index (χ3n) is 3.37. The monoisotopic (exact) mass is 227 g/mol. The van der Waals surface area contributed by atoms with Gasteiger partial charge in [0.1, 0.15) is 0 Å². The van der Waals surface area contributed by atoms with Crippen LogP contribution in [0.1, 0.15) is 18.4 Å². The lowest BCUT2D eigenvalue weighted by molar-refractivity contribution is 0.331. The molecule has 0 spiro atoms. The minimum absolute atomic E-state index is 0.775. The highest BCUT2D eigenvalue weighted by molar-refractivity contribution is 5.82. The number of likely N-dealkylation sites (tertiary alicyclic amines) is 1. The van der Waals surface area contributed by atoms with Crippen molar-refractivity contribution < 1.29 is 0 Å². The van der Waals surface area contributed by atoms with Crippen LogP contribution in [0.3, 0.4) is 0 Å². The number of aromatic nitrogens is 1. The Hall–Kier alpha value is -1.61. The maximum Gasteiger partial charge on any atom is 0.0722 e. The molecule has 2 aromatic rings. The van der Waals surface area contributed by atoms with E-state index in [1.807, 2.05) is 24.4 Å². The molecule has 3 heteroatoms. The summed E-state index contributed by atoms with van der Waals surface area (Å²) in [7, 11) is 0. The number of benzene rings is 1. The van der Waals surface area contributed by atoms with Gasteiger partial charge < -0.3 is 5.73 Å². The van der Waals surface area contributed by atoms with Gasteiger partial charge in [-0.25, -0.2) is 0 Å². The molecule has 0 unspecified atom stereocenters. The highest BCUT2D eigenvalue weighted by Crippen LogP contribution is 2.18. The lowest BCUT2D eigenvalue weighted by atomic mass is 10.1. The minimum Gasteiger partial charge on any atom is -0.399 e. The Bertz CT molecular complexity index is 530. The van der Waals surface area contributed by atoms with Gasteiger partial charge >= 0.3 is 0 Å². The molecule has 1 aromatic heterocycles. The molecule has 0 bridgehead atoms. The number of hydrogen-bond acceptors (Lipinski definition) is 3.